The van der Waals surface area contributed by atoms with Crippen LogP contribution in [-0.2, 0) is 4.79 Å². The van der Waals surface area contributed by atoms with Crippen LogP contribution in [0.15, 0.2) is 27.9 Å². The van der Waals surface area contributed by atoms with E-state index in [4.69, 9.17) is 0 Å². The Kier molecular flexibility index (Phi) is 1.73. The number of rotatable bonds is 1. The number of carbonyl (C=O) groups excluding carboxylic acids is 1. The summed E-state index contributed by atoms with van der Waals surface area (Å²) in [4.78, 5) is 19.2. The Morgan fingerprint density at radius 2 is 2.28 bits per heavy atom. The molecule has 0 aromatic carbocycles. The first-order chi connectivity index (χ1) is 8.55. The first-order valence-corrected chi connectivity index (χ1v) is 6.84. The molecule has 1 spiro atoms. The quantitative estimate of drug-likeness (QED) is 0.704. The molecule has 3 heteroatoms. The van der Waals surface area contributed by atoms with Crippen molar-refractivity contribution in [3.8, 4) is 0 Å². The van der Waals surface area contributed by atoms with Crippen molar-refractivity contribution in [1.29, 1.82) is 0 Å². The predicted molar refractivity (Wildman–Crippen MR) is 70.5 cm³/mol. The highest BCUT2D eigenvalue weighted by Crippen LogP contribution is 2.70. The highest BCUT2D eigenvalue weighted by atomic mass is 16.1. The van der Waals surface area contributed by atoms with Crippen molar-refractivity contribution in [2.45, 2.75) is 33.2 Å². The van der Waals surface area contributed by atoms with Gasteiger partial charge in [-0.25, -0.2) is 0 Å². The van der Waals surface area contributed by atoms with Crippen LogP contribution in [0, 0.1) is 11.3 Å². The molecular weight excluding hydrogens is 224 g/mol. The van der Waals surface area contributed by atoms with Gasteiger partial charge in [-0.3, -0.25) is 9.79 Å². The van der Waals surface area contributed by atoms with Gasteiger partial charge >= 0.3 is 0 Å². The molecule has 0 amide bonds. The van der Waals surface area contributed by atoms with Crippen LogP contribution in [0.2, 0.25) is 0 Å². The highest BCUT2D eigenvalue weighted by molar-refractivity contribution is 6.17. The van der Waals surface area contributed by atoms with E-state index in [0.717, 1.165) is 17.8 Å². The summed E-state index contributed by atoms with van der Waals surface area (Å²) in [6.45, 7) is 8.22. The molecule has 2 atom stereocenters. The van der Waals surface area contributed by atoms with Crippen LogP contribution >= 0.6 is 0 Å². The molecule has 94 valence electrons. The minimum atomic E-state index is 0.178. The number of allylic oxidation sites excluding steroid dienone is 2. The van der Waals surface area contributed by atoms with Gasteiger partial charge in [-0.05, 0) is 38.7 Å². The zero-order valence-corrected chi connectivity index (χ0v) is 11.2. The van der Waals surface area contributed by atoms with Gasteiger partial charge in [0.05, 0.1) is 6.54 Å². The number of hydrogen-bond acceptors (Lipinski definition) is 3. The van der Waals surface area contributed by atoms with E-state index in [2.05, 4.69) is 30.7 Å². The zero-order valence-electron chi connectivity index (χ0n) is 11.2. The lowest BCUT2D eigenvalue weighted by Gasteiger charge is -2.33. The Morgan fingerprint density at radius 1 is 1.50 bits per heavy atom. The summed E-state index contributed by atoms with van der Waals surface area (Å²) in [5.41, 5.74) is 4.83. The lowest BCUT2D eigenvalue weighted by molar-refractivity contribution is -0.111. The SMILES string of the molecule is CC1=NCC2=C1C13CC1CN(C(C)C)C3=CC2=O. The maximum atomic E-state index is 12.3. The van der Waals surface area contributed by atoms with Crippen molar-refractivity contribution in [1.82, 2.24) is 4.90 Å². The van der Waals surface area contributed by atoms with Crippen LogP contribution < -0.4 is 0 Å². The standard InChI is InChI=1S/C15H18N2O/c1-8(2)17-7-10-5-15(10)13(17)4-12(18)11-6-16-9(3)14(11)15/h4,8,10H,5-7H2,1-3H3. The highest BCUT2D eigenvalue weighted by Gasteiger charge is 2.68. The first-order valence-electron chi connectivity index (χ1n) is 6.84. The molecule has 2 aliphatic carbocycles. The number of aliphatic imine (C=N–C) groups is 1. The van der Waals surface area contributed by atoms with Gasteiger partial charge in [0.1, 0.15) is 0 Å². The Hall–Kier alpha value is -1.38. The third-order valence-corrected chi connectivity index (χ3v) is 5.06. The molecule has 0 aromatic rings. The second kappa shape index (κ2) is 2.95. The summed E-state index contributed by atoms with van der Waals surface area (Å²) in [7, 11) is 0. The van der Waals surface area contributed by atoms with E-state index in [9.17, 15) is 4.79 Å². The van der Waals surface area contributed by atoms with Gasteiger partial charge in [-0.1, -0.05) is 0 Å². The number of likely N-dealkylation sites (tertiary alicyclic amines) is 1. The van der Waals surface area contributed by atoms with E-state index in [1.807, 2.05) is 6.08 Å². The van der Waals surface area contributed by atoms with Crippen molar-refractivity contribution in [3.05, 3.63) is 22.9 Å². The number of piperidine rings is 1. The molecule has 1 saturated carbocycles. The van der Waals surface area contributed by atoms with Gasteiger partial charge in [-0.15, -0.1) is 0 Å². The van der Waals surface area contributed by atoms with Crippen molar-refractivity contribution in [2.75, 3.05) is 13.1 Å². The van der Waals surface area contributed by atoms with Crippen LogP contribution in [0.25, 0.3) is 0 Å². The summed E-state index contributed by atoms with van der Waals surface area (Å²) < 4.78 is 0. The van der Waals surface area contributed by atoms with Crippen LogP contribution in [0.3, 0.4) is 0 Å². The van der Waals surface area contributed by atoms with Gasteiger partial charge in [0, 0.05) is 41.1 Å². The van der Waals surface area contributed by atoms with Gasteiger partial charge in [0.2, 0.25) is 0 Å². The van der Waals surface area contributed by atoms with Gasteiger partial charge in [0.25, 0.3) is 0 Å². The van der Waals surface area contributed by atoms with Crippen molar-refractivity contribution < 1.29 is 4.79 Å². The molecule has 4 aliphatic rings. The predicted octanol–water partition coefficient (Wildman–Crippen LogP) is 1.95. The van der Waals surface area contributed by atoms with E-state index in [1.165, 1.54) is 17.7 Å². The Morgan fingerprint density at radius 3 is 3.00 bits per heavy atom. The zero-order chi connectivity index (χ0) is 12.7. The number of nitrogens with zero attached hydrogens (tertiary/aromatic N) is 2. The molecule has 2 heterocycles. The van der Waals surface area contributed by atoms with Gasteiger partial charge < -0.3 is 4.90 Å². The fourth-order valence-corrected chi connectivity index (χ4v) is 4.17. The third kappa shape index (κ3) is 0.979. The van der Waals surface area contributed by atoms with E-state index < -0.39 is 0 Å². The molecule has 0 aromatic heterocycles. The molecule has 1 saturated heterocycles. The second-order valence-electron chi connectivity index (χ2n) is 6.27. The monoisotopic (exact) mass is 242 g/mol. The van der Waals surface area contributed by atoms with E-state index in [0.29, 0.717) is 18.5 Å². The van der Waals surface area contributed by atoms with Crippen molar-refractivity contribution in [2.24, 2.45) is 16.3 Å². The number of ketones is 1. The van der Waals surface area contributed by atoms with E-state index >= 15 is 0 Å². The summed E-state index contributed by atoms with van der Waals surface area (Å²) in [5.74, 6) is 0.914. The van der Waals surface area contributed by atoms with Gasteiger partial charge in [0.15, 0.2) is 5.78 Å². The molecule has 3 nitrogen and oxygen atoms in total. The summed E-state index contributed by atoms with van der Waals surface area (Å²) in [6, 6.07) is 0.481. The number of carbonyl (C=O) groups is 1. The molecular formula is C15H18N2O. The third-order valence-electron chi connectivity index (χ3n) is 5.06. The van der Waals surface area contributed by atoms with Crippen LogP contribution in [0.1, 0.15) is 27.2 Å². The fourth-order valence-electron chi connectivity index (χ4n) is 4.17. The normalized spacial score (nSPS) is 36.6. The Balaban J connectivity index is 1.88. The fraction of sp³-hybridized carbons (Fsp3) is 0.600. The molecule has 0 radical (unpaired) electrons. The van der Waals surface area contributed by atoms with E-state index in [-0.39, 0.29) is 11.2 Å². The van der Waals surface area contributed by atoms with E-state index in [1.54, 1.807) is 0 Å². The topological polar surface area (TPSA) is 32.7 Å². The minimum absolute atomic E-state index is 0.178. The van der Waals surface area contributed by atoms with Crippen LogP contribution in [0.4, 0.5) is 0 Å². The Bertz CT molecular complexity index is 567. The smallest absolute Gasteiger partial charge is 0.185 e. The lowest BCUT2D eigenvalue weighted by atomic mass is 9.80. The molecule has 2 fully saturated rings. The molecule has 0 N–H and O–H groups in total. The molecule has 2 unspecified atom stereocenters. The average molecular weight is 242 g/mol. The number of hydrogen-bond donors (Lipinski definition) is 0. The Labute approximate surface area is 107 Å². The first kappa shape index (κ1) is 10.5. The van der Waals surface area contributed by atoms with Gasteiger partial charge in [-0.2, -0.15) is 0 Å². The average Bonchev–Trinajstić information content (AvgIpc) is 2.70. The van der Waals surface area contributed by atoms with Crippen LogP contribution in [0.5, 0.6) is 0 Å². The molecule has 2 aliphatic heterocycles. The summed E-state index contributed by atoms with van der Waals surface area (Å²) >= 11 is 0. The maximum absolute atomic E-state index is 12.3. The molecule has 18 heavy (non-hydrogen) atoms. The van der Waals surface area contributed by atoms with Crippen LogP contribution in [-0.4, -0.2) is 35.5 Å². The van der Waals surface area contributed by atoms with Crippen molar-refractivity contribution in [3.63, 3.8) is 0 Å². The largest absolute Gasteiger partial charge is 0.371 e. The minimum Gasteiger partial charge on any atom is -0.371 e. The maximum Gasteiger partial charge on any atom is 0.185 e. The summed E-state index contributed by atoms with van der Waals surface area (Å²) in [5, 5.41) is 0. The molecule has 0 bridgehead atoms. The lowest BCUT2D eigenvalue weighted by Crippen LogP contribution is -2.33. The second-order valence-corrected chi connectivity index (χ2v) is 6.27. The van der Waals surface area contributed by atoms with Crippen molar-refractivity contribution >= 4 is 11.5 Å². The summed E-state index contributed by atoms with van der Waals surface area (Å²) in [6.07, 6.45) is 3.13. The molecule has 4 rings (SSSR count).